The highest BCUT2D eigenvalue weighted by molar-refractivity contribution is 6.39. The third-order valence-corrected chi connectivity index (χ3v) is 5.25. The SMILES string of the molecule is O=C1CN(C(=O)C(Cl)(c2ccccc2)c2ccccc2)c2ccccc2N1. The summed E-state index contributed by atoms with van der Waals surface area (Å²) in [5.74, 6) is -0.606. The molecule has 0 radical (unpaired) electrons. The van der Waals surface area contributed by atoms with E-state index in [0.29, 0.717) is 22.5 Å². The molecule has 0 fully saturated rings. The van der Waals surface area contributed by atoms with Crippen LogP contribution in [0.15, 0.2) is 84.9 Å². The monoisotopic (exact) mass is 376 g/mol. The lowest BCUT2D eigenvalue weighted by Gasteiger charge is -2.36. The van der Waals surface area contributed by atoms with Crippen molar-refractivity contribution in [2.75, 3.05) is 16.8 Å². The van der Waals surface area contributed by atoms with Gasteiger partial charge in [-0.3, -0.25) is 14.5 Å². The molecule has 0 bridgehead atoms. The van der Waals surface area contributed by atoms with Crippen molar-refractivity contribution in [3.63, 3.8) is 0 Å². The maximum atomic E-state index is 13.7. The van der Waals surface area contributed by atoms with Crippen molar-refractivity contribution in [3.8, 4) is 0 Å². The van der Waals surface area contributed by atoms with Crippen molar-refractivity contribution in [3.05, 3.63) is 96.1 Å². The van der Waals surface area contributed by atoms with Gasteiger partial charge in [-0.2, -0.15) is 0 Å². The van der Waals surface area contributed by atoms with Gasteiger partial charge in [0.25, 0.3) is 5.91 Å². The number of fused-ring (bicyclic) bond motifs is 1. The van der Waals surface area contributed by atoms with Crippen LogP contribution in [0, 0.1) is 0 Å². The van der Waals surface area contributed by atoms with Gasteiger partial charge in [-0.25, -0.2) is 0 Å². The Hall–Kier alpha value is -3.11. The first-order valence-electron chi connectivity index (χ1n) is 8.61. The number of halogens is 1. The largest absolute Gasteiger partial charge is 0.323 e. The van der Waals surface area contributed by atoms with Crippen LogP contribution in [0.3, 0.4) is 0 Å². The number of nitrogens with one attached hydrogen (secondary N) is 1. The van der Waals surface area contributed by atoms with Crippen LogP contribution < -0.4 is 10.2 Å². The molecular weight excluding hydrogens is 360 g/mol. The molecule has 0 atom stereocenters. The average molecular weight is 377 g/mol. The van der Waals surface area contributed by atoms with Crippen LogP contribution in [-0.2, 0) is 14.5 Å². The molecule has 4 rings (SSSR count). The zero-order chi connectivity index (χ0) is 18.9. The van der Waals surface area contributed by atoms with Crippen LogP contribution in [-0.4, -0.2) is 18.4 Å². The summed E-state index contributed by atoms with van der Waals surface area (Å²) >= 11 is 7.07. The minimum atomic E-state index is -1.44. The number of para-hydroxylation sites is 2. The van der Waals surface area contributed by atoms with E-state index in [1.54, 1.807) is 12.1 Å². The van der Waals surface area contributed by atoms with Crippen LogP contribution >= 0.6 is 11.6 Å². The summed E-state index contributed by atoms with van der Waals surface area (Å²) in [7, 11) is 0. The smallest absolute Gasteiger partial charge is 0.257 e. The molecule has 1 aliphatic rings. The minimum absolute atomic E-state index is 0.0794. The number of rotatable bonds is 3. The summed E-state index contributed by atoms with van der Waals surface area (Å²) in [6, 6.07) is 25.7. The van der Waals surface area contributed by atoms with E-state index in [9.17, 15) is 9.59 Å². The highest BCUT2D eigenvalue weighted by Gasteiger charge is 2.45. The Labute approximate surface area is 162 Å². The molecule has 1 aliphatic heterocycles. The second-order valence-corrected chi connectivity index (χ2v) is 6.91. The maximum absolute atomic E-state index is 13.7. The fourth-order valence-electron chi connectivity index (χ4n) is 3.35. The van der Waals surface area contributed by atoms with Gasteiger partial charge in [0.1, 0.15) is 6.54 Å². The number of benzene rings is 3. The van der Waals surface area contributed by atoms with Gasteiger partial charge in [0.2, 0.25) is 5.91 Å². The molecule has 0 spiro atoms. The third-order valence-electron chi connectivity index (χ3n) is 4.65. The van der Waals surface area contributed by atoms with E-state index in [0.717, 1.165) is 0 Å². The summed E-state index contributed by atoms with van der Waals surface area (Å²) < 4.78 is 0. The Bertz CT molecular complexity index is 950. The predicted octanol–water partition coefficient (Wildman–Crippen LogP) is 4.15. The van der Waals surface area contributed by atoms with Crippen LogP contribution in [0.4, 0.5) is 11.4 Å². The standard InChI is InChI=1S/C22H17ClN2O2/c23-22(16-9-3-1-4-10-16,17-11-5-2-6-12-17)21(27)25-15-20(26)24-18-13-7-8-14-19(18)25/h1-14H,15H2,(H,24,26). The highest BCUT2D eigenvalue weighted by atomic mass is 35.5. The summed E-state index contributed by atoms with van der Waals surface area (Å²) in [6.07, 6.45) is 0. The number of amides is 2. The molecule has 0 aromatic heterocycles. The number of hydrogen-bond acceptors (Lipinski definition) is 2. The highest BCUT2D eigenvalue weighted by Crippen LogP contribution is 2.41. The molecule has 5 heteroatoms. The van der Waals surface area contributed by atoms with Crippen molar-refractivity contribution in [1.29, 1.82) is 0 Å². The van der Waals surface area contributed by atoms with Gasteiger partial charge < -0.3 is 5.32 Å². The molecule has 1 N–H and O–H groups in total. The van der Waals surface area contributed by atoms with E-state index < -0.39 is 4.87 Å². The summed E-state index contributed by atoms with van der Waals surface area (Å²) in [6.45, 7) is -0.0794. The lowest BCUT2D eigenvalue weighted by molar-refractivity contribution is -0.123. The van der Waals surface area contributed by atoms with E-state index in [4.69, 9.17) is 11.6 Å². The number of nitrogens with zero attached hydrogens (tertiary/aromatic N) is 1. The summed E-state index contributed by atoms with van der Waals surface area (Å²) in [5, 5.41) is 2.80. The molecule has 4 nitrogen and oxygen atoms in total. The number of hydrogen-bond donors (Lipinski definition) is 1. The van der Waals surface area contributed by atoms with Gasteiger partial charge in [-0.05, 0) is 23.3 Å². The van der Waals surface area contributed by atoms with Crippen LogP contribution in [0.25, 0.3) is 0 Å². The molecule has 3 aromatic rings. The second kappa shape index (κ2) is 6.89. The Morgan fingerprint density at radius 2 is 1.37 bits per heavy atom. The first-order valence-corrected chi connectivity index (χ1v) is 8.99. The lowest BCUT2D eigenvalue weighted by atomic mass is 9.88. The molecule has 134 valence electrons. The van der Waals surface area contributed by atoms with Gasteiger partial charge in [0.05, 0.1) is 11.4 Å². The normalized spacial score (nSPS) is 13.7. The predicted molar refractivity (Wildman–Crippen MR) is 107 cm³/mol. The number of alkyl halides is 1. The maximum Gasteiger partial charge on any atom is 0.257 e. The Kier molecular flexibility index (Phi) is 4.42. The van der Waals surface area contributed by atoms with Crippen molar-refractivity contribution >= 4 is 34.8 Å². The molecular formula is C22H17ClN2O2. The Balaban J connectivity index is 1.87. The zero-order valence-corrected chi connectivity index (χ0v) is 15.2. The first-order chi connectivity index (χ1) is 13.1. The van der Waals surface area contributed by atoms with Crippen molar-refractivity contribution < 1.29 is 9.59 Å². The van der Waals surface area contributed by atoms with Crippen LogP contribution in [0.1, 0.15) is 11.1 Å². The Morgan fingerprint density at radius 3 is 1.96 bits per heavy atom. The number of anilines is 2. The van der Waals surface area contributed by atoms with E-state index in [1.807, 2.05) is 72.8 Å². The van der Waals surface area contributed by atoms with Gasteiger partial charge in [-0.1, -0.05) is 84.4 Å². The first kappa shape index (κ1) is 17.3. The lowest BCUT2D eigenvalue weighted by Crippen LogP contribution is -2.49. The average Bonchev–Trinajstić information content (AvgIpc) is 2.73. The van der Waals surface area contributed by atoms with Crippen LogP contribution in [0.2, 0.25) is 0 Å². The minimum Gasteiger partial charge on any atom is -0.323 e. The van der Waals surface area contributed by atoms with Gasteiger partial charge in [0, 0.05) is 0 Å². The third kappa shape index (κ3) is 2.98. The van der Waals surface area contributed by atoms with E-state index in [2.05, 4.69) is 5.32 Å². The second-order valence-electron chi connectivity index (χ2n) is 6.35. The molecule has 2 amide bonds. The summed E-state index contributed by atoms with van der Waals surface area (Å²) in [4.78, 5) is 26.0. The molecule has 3 aromatic carbocycles. The van der Waals surface area contributed by atoms with Crippen molar-refractivity contribution in [1.82, 2.24) is 0 Å². The van der Waals surface area contributed by atoms with Gasteiger partial charge >= 0.3 is 0 Å². The van der Waals surface area contributed by atoms with Crippen LogP contribution in [0.5, 0.6) is 0 Å². The topological polar surface area (TPSA) is 49.4 Å². The van der Waals surface area contributed by atoms with E-state index >= 15 is 0 Å². The van der Waals surface area contributed by atoms with Gasteiger partial charge in [0.15, 0.2) is 4.87 Å². The molecule has 0 unspecified atom stereocenters. The van der Waals surface area contributed by atoms with E-state index in [1.165, 1.54) is 4.90 Å². The molecule has 27 heavy (non-hydrogen) atoms. The summed E-state index contributed by atoms with van der Waals surface area (Å²) in [5.41, 5.74) is 2.55. The van der Waals surface area contributed by atoms with Crippen molar-refractivity contribution in [2.45, 2.75) is 4.87 Å². The van der Waals surface area contributed by atoms with E-state index in [-0.39, 0.29) is 18.4 Å². The quantitative estimate of drug-likeness (QED) is 0.698. The number of carbonyl (C=O) groups excluding carboxylic acids is 2. The fraction of sp³-hybridized carbons (Fsp3) is 0.0909. The molecule has 0 aliphatic carbocycles. The Morgan fingerprint density at radius 1 is 0.852 bits per heavy atom. The zero-order valence-electron chi connectivity index (χ0n) is 14.4. The van der Waals surface area contributed by atoms with Gasteiger partial charge in [-0.15, -0.1) is 0 Å². The molecule has 1 heterocycles. The fourth-order valence-corrected chi connectivity index (χ4v) is 3.70. The number of carbonyl (C=O) groups is 2. The molecule has 0 saturated carbocycles. The molecule has 0 saturated heterocycles. The van der Waals surface area contributed by atoms with Crippen molar-refractivity contribution in [2.24, 2.45) is 0 Å².